The minimum atomic E-state index is -0.335. The minimum Gasteiger partial charge on any atom is -0.352 e. The number of carbonyl (C=O) groups excluding carboxylic acids is 2. The summed E-state index contributed by atoms with van der Waals surface area (Å²) >= 11 is 0. The number of benzene rings is 1. The van der Waals surface area contributed by atoms with Crippen LogP contribution in [0.4, 0.5) is 0 Å². The molecule has 0 atom stereocenters. The quantitative estimate of drug-likeness (QED) is 0.778. The second-order valence-corrected chi connectivity index (χ2v) is 5.91. The molecule has 1 aromatic carbocycles. The Morgan fingerprint density at radius 1 is 1.20 bits per heavy atom. The number of amides is 2. The van der Waals surface area contributed by atoms with Gasteiger partial charge in [0.15, 0.2) is 0 Å². The first kappa shape index (κ1) is 13.2. The lowest BCUT2D eigenvalue weighted by Crippen LogP contribution is -2.49. The minimum absolute atomic E-state index is 0.106. The van der Waals surface area contributed by atoms with Gasteiger partial charge in [-0.05, 0) is 30.4 Å². The van der Waals surface area contributed by atoms with Crippen LogP contribution >= 0.6 is 0 Å². The van der Waals surface area contributed by atoms with Gasteiger partial charge < -0.3 is 10.2 Å². The molecule has 0 radical (unpaired) electrons. The highest BCUT2D eigenvalue weighted by Gasteiger charge is 2.43. The van der Waals surface area contributed by atoms with Gasteiger partial charge in [0, 0.05) is 26.6 Å². The molecule has 2 heterocycles. The molecule has 4 nitrogen and oxygen atoms in total. The molecule has 2 aliphatic rings. The van der Waals surface area contributed by atoms with Crippen LogP contribution in [0.2, 0.25) is 0 Å². The molecule has 1 saturated heterocycles. The van der Waals surface area contributed by atoms with E-state index in [2.05, 4.69) is 17.4 Å². The van der Waals surface area contributed by atoms with Gasteiger partial charge in [-0.1, -0.05) is 24.3 Å². The van der Waals surface area contributed by atoms with Gasteiger partial charge in [-0.25, -0.2) is 0 Å². The molecule has 0 saturated carbocycles. The fourth-order valence-electron chi connectivity index (χ4n) is 3.36. The number of hydrogen-bond acceptors (Lipinski definition) is 2. The third-order valence-electron chi connectivity index (χ3n) is 4.73. The SMILES string of the molecule is CC(=O)N1CCC2(CC1)Cc1ccccc1CNC2=O. The van der Waals surface area contributed by atoms with Crippen molar-refractivity contribution in [2.24, 2.45) is 5.41 Å². The van der Waals surface area contributed by atoms with E-state index in [-0.39, 0.29) is 17.2 Å². The van der Waals surface area contributed by atoms with Gasteiger partial charge in [0.1, 0.15) is 0 Å². The number of rotatable bonds is 0. The molecule has 4 heteroatoms. The second-order valence-electron chi connectivity index (χ2n) is 5.91. The topological polar surface area (TPSA) is 49.4 Å². The fraction of sp³-hybridized carbons (Fsp3) is 0.500. The van der Waals surface area contributed by atoms with Crippen LogP contribution in [0.15, 0.2) is 24.3 Å². The zero-order chi connectivity index (χ0) is 14.2. The van der Waals surface area contributed by atoms with E-state index in [4.69, 9.17) is 0 Å². The number of carbonyl (C=O) groups is 2. The number of nitrogens with one attached hydrogen (secondary N) is 1. The van der Waals surface area contributed by atoms with E-state index in [0.29, 0.717) is 19.6 Å². The molecular weight excluding hydrogens is 252 g/mol. The fourth-order valence-corrected chi connectivity index (χ4v) is 3.36. The highest BCUT2D eigenvalue weighted by Crippen LogP contribution is 2.37. The molecule has 106 valence electrons. The summed E-state index contributed by atoms with van der Waals surface area (Å²) in [6.45, 7) is 3.59. The van der Waals surface area contributed by atoms with Crippen LogP contribution in [0.5, 0.6) is 0 Å². The van der Waals surface area contributed by atoms with Gasteiger partial charge in [0.25, 0.3) is 0 Å². The van der Waals surface area contributed by atoms with Crippen LogP contribution in [-0.4, -0.2) is 29.8 Å². The van der Waals surface area contributed by atoms with E-state index in [0.717, 1.165) is 19.3 Å². The third-order valence-corrected chi connectivity index (χ3v) is 4.73. The lowest BCUT2D eigenvalue weighted by Gasteiger charge is -2.39. The first-order valence-electron chi connectivity index (χ1n) is 7.21. The van der Waals surface area contributed by atoms with Crippen molar-refractivity contribution in [1.29, 1.82) is 0 Å². The summed E-state index contributed by atoms with van der Waals surface area (Å²) < 4.78 is 0. The Labute approximate surface area is 119 Å². The highest BCUT2D eigenvalue weighted by molar-refractivity contribution is 5.84. The summed E-state index contributed by atoms with van der Waals surface area (Å²) in [5.41, 5.74) is 2.15. The third kappa shape index (κ3) is 2.19. The first-order chi connectivity index (χ1) is 9.61. The van der Waals surface area contributed by atoms with Crippen molar-refractivity contribution in [1.82, 2.24) is 10.2 Å². The number of piperidine rings is 1. The van der Waals surface area contributed by atoms with E-state index >= 15 is 0 Å². The van der Waals surface area contributed by atoms with Crippen LogP contribution in [0.25, 0.3) is 0 Å². The Morgan fingerprint density at radius 2 is 1.85 bits per heavy atom. The standard InChI is InChI=1S/C16H20N2O2/c1-12(19)18-8-6-16(7-9-18)10-13-4-2-3-5-14(13)11-17-15(16)20/h2-5H,6-11H2,1H3,(H,17,20). The van der Waals surface area contributed by atoms with E-state index in [1.807, 2.05) is 17.0 Å². The van der Waals surface area contributed by atoms with Crippen molar-refractivity contribution >= 4 is 11.8 Å². The van der Waals surface area contributed by atoms with Crippen LogP contribution in [0.3, 0.4) is 0 Å². The normalized spacial score (nSPS) is 21.1. The highest BCUT2D eigenvalue weighted by atomic mass is 16.2. The Hall–Kier alpha value is -1.84. The van der Waals surface area contributed by atoms with Crippen molar-refractivity contribution in [3.63, 3.8) is 0 Å². The van der Waals surface area contributed by atoms with Crippen molar-refractivity contribution in [3.05, 3.63) is 35.4 Å². The van der Waals surface area contributed by atoms with E-state index in [1.165, 1.54) is 11.1 Å². The largest absolute Gasteiger partial charge is 0.352 e. The van der Waals surface area contributed by atoms with Crippen LogP contribution < -0.4 is 5.32 Å². The second kappa shape index (κ2) is 4.93. The Morgan fingerprint density at radius 3 is 2.50 bits per heavy atom. The lowest BCUT2D eigenvalue weighted by atomic mass is 9.73. The molecule has 0 bridgehead atoms. The maximum Gasteiger partial charge on any atom is 0.226 e. The molecule has 1 N–H and O–H groups in total. The van der Waals surface area contributed by atoms with Crippen LogP contribution in [0.1, 0.15) is 30.9 Å². The summed E-state index contributed by atoms with van der Waals surface area (Å²) in [5.74, 6) is 0.256. The van der Waals surface area contributed by atoms with Gasteiger partial charge in [0.2, 0.25) is 11.8 Å². The number of hydrogen-bond donors (Lipinski definition) is 1. The van der Waals surface area contributed by atoms with E-state index in [1.54, 1.807) is 6.92 Å². The van der Waals surface area contributed by atoms with Gasteiger partial charge in [-0.15, -0.1) is 0 Å². The molecule has 3 rings (SSSR count). The molecule has 1 aromatic rings. The smallest absolute Gasteiger partial charge is 0.226 e. The predicted molar refractivity (Wildman–Crippen MR) is 75.9 cm³/mol. The average Bonchev–Trinajstić information content (AvgIpc) is 2.58. The Bertz CT molecular complexity index is 545. The summed E-state index contributed by atoms with van der Waals surface area (Å²) in [6, 6.07) is 8.25. The molecule has 2 aliphatic heterocycles. The van der Waals surface area contributed by atoms with Gasteiger partial charge in [-0.2, -0.15) is 0 Å². The molecule has 0 unspecified atom stereocenters. The van der Waals surface area contributed by atoms with Crippen molar-refractivity contribution < 1.29 is 9.59 Å². The van der Waals surface area contributed by atoms with Crippen LogP contribution in [0, 0.1) is 5.41 Å². The van der Waals surface area contributed by atoms with Gasteiger partial charge in [-0.3, -0.25) is 9.59 Å². The average molecular weight is 272 g/mol. The molecule has 0 aromatic heterocycles. The molecule has 1 spiro atoms. The molecule has 0 aliphatic carbocycles. The molecule has 2 amide bonds. The monoisotopic (exact) mass is 272 g/mol. The zero-order valence-corrected chi connectivity index (χ0v) is 11.8. The van der Waals surface area contributed by atoms with Gasteiger partial charge in [0.05, 0.1) is 5.41 Å². The maximum atomic E-state index is 12.5. The predicted octanol–water partition coefficient (Wildman–Crippen LogP) is 1.49. The Kier molecular flexibility index (Phi) is 3.24. The van der Waals surface area contributed by atoms with E-state index in [9.17, 15) is 9.59 Å². The molecular formula is C16H20N2O2. The summed E-state index contributed by atoms with van der Waals surface area (Å²) in [6.07, 6.45) is 2.31. The number of fused-ring (bicyclic) bond motifs is 1. The molecule has 20 heavy (non-hydrogen) atoms. The van der Waals surface area contributed by atoms with E-state index < -0.39 is 0 Å². The number of likely N-dealkylation sites (tertiary alicyclic amines) is 1. The van der Waals surface area contributed by atoms with Crippen molar-refractivity contribution in [2.45, 2.75) is 32.7 Å². The van der Waals surface area contributed by atoms with Crippen LogP contribution in [-0.2, 0) is 22.6 Å². The Balaban J connectivity index is 1.86. The molecule has 1 fully saturated rings. The van der Waals surface area contributed by atoms with Gasteiger partial charge >= 0.3 is 0 Å². The summed E-state index contributed by atoms with van der Waals surface area (Å²) in [7, 11) is 0. The van der Waals surface area contributed by atoms with Crippen molar-refractivity contribution in [2.75, 3.05) is 13.1 Å². The maximum absolute atomic E-state index is 12.5. The first-order valence-corrected chi connectivity index (χ1v) is 7.21. The van der Waals surface area contributed by atoms with Crippen molar-refractivity contribution in [3.8, 4) is 0 Å². The number of nitrogens with zero attached hydrogens (tertiary/aromatic N) is 1. The zero-order valence-electron chi connectivity index (χ0n) is 11.8. The lowest BCUT2D eigenvalue weighted by molar-refractivity contribution is -0.139. The summed E-state index contributed by atoms with van der Waals surface area (Å²) in [5, 5.41) is 3.06. The summed E-state index contributed by atoms with van der Waals surface area (Å²) in [4.78, 5) is 25.8.